The van der Waals surface area contributed by atoms with Crippen molar-refractivity contribution in [3.63, 3.8) is 0 Å². The van der Waals surface area contributed by atoms with E-state index < -0.39 is 0 Å². The number of carbonyl (C=O) groups excluding carboxylic acids is 2. The minimum Gasteiger partial charge on any atom is -0.359 e. The van der Waals surface area contributed by atoms with Crippen molar-refractivity contribution in [2.45, 2.75) is 44.7 Å². The van der Waals surface area contributed by atoms with E-state index in [0.717, 1.165) is 64.1 Å². The Bertz CT molecular complexity index is 631. The number of hydrogen-bond donors (Lipinski definition) is 2. The van der Waals surface area contributed by atoms with Crippen molar-refractivity contribution < 1.29 is 9.59 Å². The number of hydrogen-bond acceptors (Lipinski definition) is 5. The number of nitrogens with one attached hydrogen (secondary N) is 2. The molecule has 7 nitrogen and oxygen atoms in total. The van der Waals surface area contributed by atoms with Crippen molar-refractivity contribution in [2.75, 3.05) is 39.8 Å². The van der Waals surface area contributed by atoms with E-state index in [-0.39, 0.29) is 17.7 Å². The smallest absolute Gasteiger partial charge is 0.224 e. The highest BCUT2D eigenvalue weighted by Crippen LogP contribution is 2.24. The molecule has 7 heteroatoms. The lowest BCUT2D eigenvalue weighted by molar-refractivity contribution is -0.127. The maximum Gasteiger partial charge on any atom is 0.224 e. The minimum atomic E-state index is 0.0729. The van der Waals surface area contributed by atoms with Crippen LogP contribution in [0.2, 0.25) is 0 Å². The van der Waals surface area contributed by atoms with Gasteiger partial charge in [0, 0.05) is 38.8 Å². The zero-order chi connectivity index (χ0) is 19.8. The van der Waals surface area contributed by atoms with Crippen LogP contribution in [0.4, 0.5) is 0 Å². The highest BCUT2D eigenvalue weighted by molar-refractivity contribution is 5.79. The van der Waals surface area contributed by atoms with Gasteiger partial charge in [-0.3, -0.25) is 19.5 Å². The molecular formula is C21H33N5O2. The van der Waals surface area contributed by atoms with Crippen LogP contribution >= 0.6 is 0 Å². The van der Waals surface area contributed by atoms with Gasteiger partial charge in [0.2, 0.25) is 11.8 Å². The fourth-order valence-electron chi connectivity index (χ4n) is 4.27. The van der Waals surface area contributed by atoms with Crippen LogP contribution in [0.3, 0.4) is 0 Å². The number of pyridine rings is 1. The Morgan fingerprint density at radius 2 is 2.00 bits per heavy atom. The van der Waals surface area contributed by atoms with Crippen molar-refractivity contribution in [3.8, 4) is 0 Å². The van der Waals surface area contributed by atoms with Crippen molar-refractivity contribution in [1.29, 1.82) is 0 Å². The summed E-state index contributed by atoms with van der Waals surface area (Å²) in [5, 5.41) is 5.74. The molecule has 2 aliphatic heterocycles. The van der Waals surface area contributed by atoms with E-state index in [1.165, 1.54) is 0 Å². The molecule has 1 aromatic rings. The molecule has 0 spiro atoms. The minimum absolute atomic E-state index is 0.0729. The Kier molecular flexibility index (Phi) is 7.80. The van der Waals surface area contributed by atoms with E-state index in [4.69, 9.17) is 0 Å². The first-order chi connectivity index (χ1) is 13.7. The fourth-order valence-corrected chi connectivity index (χ4v) is 4.27. The summed E-state index contributed by atoms with van der Waals surface area (Å²) in [5.41, 5.74) is 0.896. The van der Waals surface area contributed by atoms with E-state index in [9.17, 15) is 9.59 Å². The van der Waals surface area contributed by atoms with E-state index in [1.54, 1.807) is 13.2 Å². The molecule has 0 aliphatic carbocycles. The van der Waals surface area contributed by atoms with Gasteiger partial charge in [-0.05, 0) is 57.5 Å². The van der Waals surface area contributed by atoms with Gasteiger partial charge in [0.05, 0.1) is 18.2 Å². The number of nitrogens with zero attached hydrogens (tertiary/aromatic N) is 3. The van der Waals surface area contributed by atoms with Gasteiger partial charge in [-0.2, -0.15) is 0 Å². The predicted molar refractivity (Wildman–Crippen MR) is 109 cm³/mol. The van der Waals surface area contributed by atoms with Crippen LogP contribution in [0.5, 0.6) is 0 Å². The Morgan fingerprint density at radius 1 is 1.18 bits per heavy atom. The lowest BCUT2D eigenvalue weighted by Crippen LogP contribution is -2.51. The molecule has 3 rings (SSSR count). The summed E-state index contributed by atoms with van der Waals surface area (Å²) in [6, 6.07) is 6.32. The van der Waals surface area contributed by atoms with Crippen molar-refractivity contribution in [2.24, 2.45) is 5.92 Å². The van der Waals surface area contributed by atoms with Crippen LogP contribution in [0.25, 0.3) is 0 Å². The van der Waals surface area contributed by atoms with E-state index in [1.807, 2.05) is 18.2 Å². The normalized spacial score (nSPS) is 22.0. The summed E-state index contributed by atoms with van der Waals surface area (Å²) < 4.78 is 0. The molecule has 2 saturated heterocycles. The number of rotatable bonds is 7. The second-order valence-electron chi connectivity index (χ2n) is 7.87. The molecule has 28 heavy (non-hydrogen) atoms. The van der Waals surface area contributed by atoms with Gasteiger partial charge in [-0.1, -0.05) is 6.07 Å². The Labute approximate surface area is 167 Å². The molecule has 3 heterocycles. The summed E-state index contributed by atoms with van der Waals surface area (Å²) in [5.74, 6) is 0.333. The highest BCUT2D eigenvalue weighted by atomic mass is 16.2. The zero-order valence-electron chi connectivity index (χ0n) is 16.9. The maximum atomic E-state index is 12.6. The molecular weight excluding hydrogens is 354 g/mol. The summed E-state index contributed by atoms with van der Waals surface area (Å²) in [6.07, 6.45) is 6.62. The molecule has 2 N–H and O–H groups in total. The van der Waals surface area contributed by atoms with Crippen LogP contribution in [0, 0.1) is 5.92 Å². The van der Waals surface area contributed by atoms with Crippen LogP contribution in [-0.4, -0.2) is 72.4 Å². The molecule has 0 aromatic carbocycles. The number of piperidine rings is 2. The third kappa shape index (κ3) is 6.01. The lowest BCUT2D eigenvalue weighted by Gasteiger charge is -2.42. The zero-order valence-corrected chi connectivity index (χ0v) is 16.9. The molecule has 1 atom stereocenters. The average molecular weight is 388 g/mol. The largest absolute Gasteiger partial charge is 0.359 e. The van der Waals surface area contributed by atoms with Crippen molar-refractivity contribution in [3.05, 3.63) is 30.1 Å². The maximum absolute atomic E-state index is 12.6. The molecule has 0 saturated carbocycles. The van der Waals surface area contributed by atoms with Crippen LogP contribution in [0.15, 0.2) is 24.4 Å². The van der Waals surface area contributed by atoms with Gasteiger partial charge >= 0.3 is 0 Å². The van der Waals surface area contributed by atoms with E-state index in [0.29, 0.717) is 19.0 Å². The molecule has 0 radical (unpaired) electrons. The fraction of sp³-hybridized carbons (Fsp3) is 0.667. The Morgan fingerprint density at radius 3 is 2.71 bits per heavy atom. The summed E-state index contributed by atoms with van der Waals surface area (Å²) >= 11 is 0. The lowest BCUT2D eigenvalue weighted by atomic mass is 9.93. The molecule has 154 valence electrons. The molecule has 0 bridgehead atoms. The van der Waals surface area contributed by atoms with Crippen molar-refractivity contribution >= 4 is 11.8 Å². The standard InChI is InChI=1S/C21H33N5O2/c1-22-20(27)9-14-25-12-7-19(8-13-25)26-11-4-5-17(16-26)21(28)24-15-18-6-2-3-10-23-18/h2-3,6,10,17,19H,4-5,7-9,11-16H2,1H3,(H,22,27)(H,24,28). The van der Waals surface area contributed by atoms with Gasteiger partial charge < -0.3 is 15.5 Å². The number of amides is 2. The molecule has 1 unspecified atom stereocenters. The second kappa shape index (κ2) is 10.5. The third-order valence-corrected chi connectivity index (χ3v) is 6.00. The quantitative estimate of drug-likeness (QED) is 0.730. The van der Waals surface area contributed by atoms with Gasteiger partial charge in [0.25, 0.3) is 0 Å². The molecule has 2 amide bonds. The first-order valence-corrected chi connectivity index (χ1v) is 10.5. The van der Waals surface area contributed by atoms with E-state index in [2.05, 4.69) is 25.4 Å². The number of likely N-dealkylation sites (tertiary alicyclic amines) is 2. The number of carbonyl (C=O) groups is 2. The average Bonchev–Trinajstić information content (AvgIpc) is 2.77. The van der Waals surface area contributed by atoms with Crippen molar-refractivity contribution in [1.82, 2.24) is 25.4 Å². The number of aromatic nitrogens is 1. The third-order valence-electron chi connectivity index (χ3n) is 6.00. The SMILES string of the molecule is CNC(=O)CCN1CCC(N2CCCC(C(=O)NCc3ccccn3)C2)CC1. The van der Waals surface area contributed by atoms with E-state index >= 15 is 0 Å². The van der Waals surface area contributed by atoms with Gasteiger partial charge in [0.1, 0.15) is 0 Å². The highest BCUT2D eigenvalue weighted by Gasteiger charge is 2.31. The van der Waals surface area contributed by atoms with Gasteiger partial charge in [-0.25, -0.2) is 0 Å². The molecule has 2 aliphatic rings. The van der Waals surface area contributed by atoms with Crippen LogP contribution in [0.1, 0.15) is 37.8 Å². The molecule has 1 aromatic heterocycles. The predicted octanol–water partition coefficient (Wildman–Crippen LogP) is 1.01. The topological polar surface area (TPSA) is 77.6 Å². The van der Waals surface area contributed by atoms with Crippen LogP contribution < -0.4 is 10.6 Å². The van der Waals surface area contributed by atoms with Crippen LogP contribution in [-0.2, 0) is 16.1 Å². The Hall–Kier alpha value is -1.99. The first kappa shape index (κ1) is 20.7. The summed E-state index contributed by atoms with van der Waals surface area (Å²) in [4.78, 5) is 33.2. The Balaban J connectivity index is 1.41. The summed E-state index contributed by atoms with van der Waals surface area (Å²) in [7, 11) is 1.69. The van der Waals surface area contributed by atoms with Gasteiger partial charge in [-0.15, -0.1) is 0 Å². The second-order valence-corrected chi connectivity index (χ2v) is 7.87. The first-order valence-electron chi connectivity index (χ1n) is 10.5. The van der Waals surface area contributed by atoms with Gasteiger partial charge in [0.15, 0.2) is 0 Å². The monoisotopic (exact) mass is 387 g/mol. The molecule has 2 fully saturated rings. The summed E-state index contributed by atoms with van der Waals surface area (Å²) in [6.45, 7) is 5.36.